The fourth-order valence-electron chi connectivity index (χ4n) is 2.90. The van der Waals surface area contributed by atoms with Gasteiger partial charge in [0.15, 0.2) is 0 Å². The molecular formula is C17H21N3. The van der Waals surface area contributed by atoms with Gasteiger partial charge in [0, 0.05) is 32.4 Å². The van der Waals surface area contributed by atoms with Crippen LogP contribution in [-0.2, 0) is 0 Å². The van der Waals surface area contributed by atoms with Gasteiger partial charge < -0.3 is 5.32 Å². The molecule has 20 heavy (non-hydrogen) atoms. The summed E-state index contributed by atoms with van der Waals surface area (Å²) in [5, 5.41) is 3.43. The van der Waals surface area contributed by atoms with Crippen LogP contribution in [0.5, 0.6) is 0 Å². The van der Waals surface area contributed by atoms with Crippen LogP contribution < -0.4 is 5.32 Å². The number of piperazine rings is 1. The smallest absolute Gasteiger partial charge is 0.0780 e. The SMILES string of the molecule is Cc1cccnc1C(c1ccccc1)N1CCNCC1. The molecule has 2 heterocycles. The zero-order valence-corrected chi connectivity index (χ0v) is 11.9. The van der Waals surface area contributed by atoms with E-state index in [1.807, 2.05) is 12.3 Å². The Morgan fingerprint density at radius 1 is 1.05 bits per heavy atom. The van der Waals surface area contributed by atoms with Crippen molar-refractivity contribution in [1.82, 2.24) is 15.2 Å². The number of hydrogen-bond acceptors (Lipinski definition) is 3. The van der Waals surface area contributed by atoms with E-state index >= 15 is 0 Å². The maximum atomic E-state index is 4.67. The highest BCUT2D eigenvalue weighted by atomic mass is 15.2. The van der Waals surface area contributed by atoms with Crippen molar-refractivity contribution in [1.29, 1.82) is 0 Å². The van der Waals surface area contributed by atoms with E-state index in [-0.39, 0.29) is 6.04 Å². The molecule has 1 atom stereocenters. The predicted octanol–water partition coefficient (Wildman–Crippen LogP) is 2.38. The first-order valence-electron chi connectivity index (χ1n) is 7.27. The van der Waals surface area contributed by atoms with Gasteiger partial charge in [-0.3, -0.25) is 9.88 Å². The Morgan fingerprint density at radius 3 is 2.50 bits per heavy atom. The van der Waals surface area contributed by atoms with Gasteiger partial charge in [0.1, 0.15) is 0 Å². The largest absolute Gasteiger partial charge is 0.314 e. The van der Waals surface area contributed by atoms with E-state index in [4.69, 9.17) is 0 Å². The molecule has 0 spiro atoms. The normalized spacial score (nSPS) is 17.9. The highest BCUT2D eigenvalue weighted by Gasteiger charge is 2.25. The van der Waals surface area contributed by atoms with Crippen LogP contribution in [0.1, 0.15) is 22.9 Å². The fraction of sp³-hybridized carbons (Fsp3) is 0.353. The summed E-state index contributed by atoms with van der Waals surface area (Å²) < 4.78 is 0. The lowest BCUT2D eigenvalue weighted by atomic mass is 9.98. The molecule has 1 saturated heterocycles. The van der Waals surface area contributed by atoms with Crippen LogP contribution in [0.15, 0.2) is 48.7 Å². The van der Waals surface area contributed by atoms with Gasteiger partial charge >= 0.3 is 0 Å². The molecule has 0 saturated carbocycles. The molecule has 2 aromatic rings. The lowest BCUT2D eigenvalue weighted by Crippen LogP contribution is -2.45. The minimum atomic E-state index is 0.263. The molecule has 0 amide bonds. The quantitative estimate of drug-likeness (QED) is 0.925. The highest BCUT2D eigenvalue weighted by Crippen LogP contribution is 2.29. The average Bonchev–Trinajstić information content (AvgIpc) is 2.52. The second-order valence-corrected chi connectivity index (χ2v) is 5.30. The molecule has 1 aliphatic heterocycles. The molecule has 1 fully saturated rings. The van der Waals surface area contributed by atoms with Crippen molar-refractivity contribution in [3.8, 4) is 0 Å². The summed E-state index contributed by atoms with van der Waals surface area (Å²) in [6, 6.07) is 15.1. The first kappa shape index (κ1) is 13.3. The van der Waals surface area contributed by atoms with Gasteiger partial charge in [-0.1, -0.05) is 36.4 Å². The summed E-state index contributed by atoms with van der Waals surface area (Å²) in [6.07, 6.45) is 1.90. The van der Waals surface area contributed by atoms with Gasteiger partial charge in [-0.05, 0) is 24.1 Å². The van der Waals surface area contributed by atoms with Crippen molar-refractivity contribution in [3.05, 3.63) is 65.5 Å². The van der Waals surface area contributed by atoms with Crippen molar-refractivity contribution < 1.29 is 0 Å². The Bertz CT molecular complexity index is 547. The van der Waals surface area contributed by atoms with Crippen LogP contribution in [0.25, 0.3) is 0 Å². The number of nitrogens with zero attached hydrogens (tertiary/aromatic N) is 2. The molecule has 1 N–H and O–H groups in total. The molecule has 3 rings (SSSR count). The van der Waals surface area contributed by atoms with Crippen LogP contribution in [0, 0.1) is 6.92 Å². The minimum Gasteiger partial charge on any atom is -0.314 e. The molecule has 104 valence electrons. The lowest BCUT2D eigenvalue weighted by molar-refractivity contribution is 0.195. The van der Waals surface area contributed by atoms with Gasteiger partial charge in [-0.15, -0.1) is 0 Å². The second-order valence-electron chi connectivity index (χ2n) is 5.30. The minimum absolute atomic E-state index is 0.263. The van der Waals surface area contributed by atoms with Gasteiger partial charge in [0.05, 0.1) is 11.7 Å². The number of benzene rings is 1. The van der Waals surface area contributed by atoms with Crippen LogP contribution in [0.4, 0.5) is 0 Å². The van der Waals surface area contributed by atoms with Crippen molar-refractivity contribution in [2.45, 2.75) is 13.0 Å². The maximum absolute atomic E-state index is 4.67. The Hall–Kier alpha value is -1.71. The van der Waals surface area contributed by atoms with Crippen molar-refractivity contribution >= 4 is 0 Å². The van der Waals surface area contributed by atoms with Gasteiger partial charge in [0.25, 0.3) is 0 Å². The monoisotopic (exact) mass is 267 g/mol. The zero-order valence-electron chi connectivity index (χ0n) is 11.9. The average molecular weight is 267 g/mol. The van der Waals surface area contributed by atoms with Crippen LogP contribution in [-0.4, -0.2) is 36.1 Å². The molecule has 1 aromatic carbocycles. The summed E-state index contributed by atoms with van der Waals surface area (Å²) in [7, 11) is 0. The molecule has 1 unspecified atom stereocenters. The van der Waals surface area contributed by atoms with E-state index in [1.54, 1.807) is 0 Å². The molecule has 3 nitrogen and oxygen atoms in total. The number of pyridine rings is 1. The van der Waals surface area contributed by atoms with Crippen molar-refractivity contribution in [3.63, 3.8) is 0 Å². The Morgan fingerprint density at radius 2 is 1.80 bits per heavy atom. The van der Waals surface area contributed by atoms with E-state index < -0.39 is 0 Å². The third-order valence-corrected chi connectivity index (χ3v) is 3.94. The first-order chi connectivity index (χ1) is 9.86. The van der Waals surface area contributed by atoms with E-state index in [1.165, 1.54) is 16.8 Å². The number of rotatable bonds is 3. The lowest BCUT2D eigenvalue weighted by Gasteiger charge is -2.35. The molecule has 0 bridgehead atoms. The third kappa shape index (κ3) is 2.74. The number of aryl methyl sites for hydroxylation is 1. The number of nitrogens with one attached hydrogen (secondary N) is 1. The Balaban J connectivity index is 2.01. The standard InChI is InChI=1S/C17H21N3/c1-14-6-5-9-19-16(14)17(15-7-3-2-4-8-15)20-12-10-18-11-13-20/h2-9,17-18H,10-13H2,1H3. The molecule has 1 aromatic heterocycles. The topological polar surface area (TPSA) is 28.2 Å². The summed E-state index contributed by atoms with van der Waals surface area (Å²) in [5.74, 6) is 0. The highest BCUT2D eigenvalue weighted by molar-refractivity contribution is 5.32. The van der Waals surface area contributed by atoms with Crippen molar-refractivity contribution in [2.75, 3.05) is 26.2 Å². The molecule has 1 aliphatic rings. The van der Waals surface area contributed by atoms with Crippen molar-refractivity contribution in [2.24, 2.45) is 0 Å². The number of aromatic nitrogens is 1. The summed E-state index contributed by atoms with van der Waals surface area (Å²) in [4.78, 5) is 7.20. The van der Waals surface area contributed by atoms with Crippen LogP contribution >= 0.6 is 0 Å². The molecular weight excluding hydrogens is 246 g/mol. The van der Waals surface area contributed by atoms with Gasteiger partial charge in [-0.2, -0.15) is 0 Å². The number of hydrogen-bond donors (Lipinski definition) is 1. The van der Waals surface area contributed by atoms with E-state index in [0.717, 1.165) is 26.2 Å². The van der Waals surface area contributed by atoms with E-state index in [2.05, 4.69) is 58.5 Å². The van der Waals surface area contributed by atoms with Gasteiger partial charge in [0.2, 0.25) is 0 Å². The second kappa shape index (κ2) is 6.16. The summed E-state index contributed by atoms with van der Waals surface area (Å²) >= 11 is 0. The third-order valence-electron chi connectivity index (χ3n) is 3.94. The molecule has 0 radical (unpaired) electrons. The van der Waals surface area contributed by atoms with Gasteiger partial charge in [-0.25, -0.2) is 0 Å². The Kier molecular flexibility index (Phi) is 4.09. The fourth-order valence-corrected chi connectivity index (χ4v) is 2.90. The molecule has 3 heteroatoms. The van der Waals surface area contributed by atoms with Crippen LogP contribution in [0.3, 0.4) is 0 Å². The maximum Gasteiger partial charge on any atom is 0.0780 e. The summed E-state index contributed by atoms with van der Waals surface area (Å²) in [5.41, 5.74) is 3.77. The zero-order chi connectivity index (χ0) is 13.8. The van der Waals surface area contributed by atoms with E-state index in [9.17, 15) is 0 Å². The molecule has 0 aliphatic carbocycles. The van der Waals surface area contributed by atoms with E-state index in [0.29, 0.717) is 0 Å². The first-order valence-corrected chi connectivity index (χ1v) is 7.27. The predicted molar refractivity (Wildman–Crippen MR) is 81.7 cm³/mol. The summed E-state index contributed by atoms with van der Waals surface area (Å²) in [6.45, 7) is 6.38. The Labute approximate surface area is 120 Å². The van der Waals surface area contributed by atoms with Crippen LogP contribution in [0.2, 0.25) is 0 Å².